The first-order valence-corrected chi connectivity index (χ1v) is 10.2. The maximum atomic E-state index is 6.21. The molecule has 0 spiro atoms. The predicted molar refractivity (Wildman–Crippen MR) is 110 cm³/mol. The lowest BCUT2D eigenvalue weighted by Crippen LogP contribution is -2.30. The summed E-state index contributed by atoms with van der Waals surface area (Å²) >= 11 is 3.70. The molecule has 0 radical (unpaired) electrons. The highest BCUT2D eigenvalue weighted by Gasteiger charge is 2.18. The van der Waals surface area contributed by atoms with E-state index in [1.807, 2.05) is 12.1 Å². The van der Waals surface area contributed by atoms with Crippen LogP contribution in [0.25, 0.3) is 0 Å². The van der Waals surface area contributed by atoms with E-state index >= 15 is 0 Å². The molecule has 0 heterocycles. The Labute approximate surface area is 165 Å². The molecule has 140 valence electrons. The second kappa shape index (κ2) is 9.43. The van der Waals surface area contributed by atoms with Gasteiger partial charge in [-0.25, -0.2) is 0 Å². The molecule has 4 heteroatoms. The SMILES string of the molecule is COc1ccc(Br)c(CNC2CCCCC2)c1OCc1ccc(C)cc1. The molecule has 1 fully saturated rings. The number of methoxy groups -OCH3 is 1. The van der Waals surface area contributed by atoms with Crippen LogP contribution in [0.5, 0.6) is 11.5 Å². The first-order valence-electron chi connectivity index (χ1n) is 9.44. The van der Waals surface area contributed by atoms with Gasteiger partial charge in [-0.15, -0.1) is 0 Å². The van der Waals surface area contributed by atoms with Gasteiger partial charge in [0.15, 0.2) is 11.5 Å². The van der Waals surface area contributed by atoms with Gasteiger partial charge in [0, 0.05) is 22.6 Å². The lowest BCUT2D eigenvalue weighted by Gasteiger charge is -2.24. The number of benzene rings is 2. The molecule has 0 bridgehead atoms. The molecule has 0 aromatic heterocycles. The standard InChI is InChI=1S/C22H28BrNO2/c1-16-8-10-17(11-9-16)15-26-22-19(20(23)12-13-21(22)25-2)14-24-18-6-4-3-5-7-18/h8-13,18,24H,3-7,14-15H2,1-2H3. The molecule has 1 aliphatic rings. The molecule has 1 saturated carbocycles. The number of hydrogen-bond donors (Lipinski definition) is 1. The molecule has 0 unspecified atom stereocenters. The maximum absolute atomic E-state index is 6.21. The fourth-order valence-electron chi connectivity index (χ4n) is 3.46. The van der Waals surface area contributed by atoms with Crippen LogP contribution in [0.2, 0.25) is 0 Å². The molecule has 1 N–H and O–H groups in total. The molecule has 26 heavy (non-hydrogen) atoms. The van der Waals surface area contributed by atoms with Crippen LogP contribution in [0.4, 0.5) is 0 Å². The Morgan fingerprint density at radius 3 is 2.46 bits per heavy atom. The van der Waals surface area contributed by atoms with Crippen LogP contribution in [0.1, 0.15) is 48.8 Å². The van der Waals surface area contributed by atoms with Gasteiger partial charge in [-0.05, 0) is 37.5 Å². The van der Waals surface area contributed by atoms with E-state index in [0.717, 1.165) is 33.6 Å². The van der Waals surface area contributed by atoms with E-state index in [2.05, 4.69) is 52.4 Å². The fourth-order valence-corrected chi connectivity index (χ4v) is 3.91. The van der Waals surface area contributed by atoms with E-state index in [-0.39, 0.29) is 0 Å². The van der Waals surface area contributed by atoms with Gasteiger partial charge in [0.25, 0.3) is 0 Å². The van der Waals surface area contributed by atoms with Crippen LogP contribution in [0, 0.1) is 6.92 Å². The number of rotatable bonds is 7. The zero-order chi connectivity index (χ0) is 18.4. The quantitative estimate of drug-likeness (QED) is 0.620. The van der Waals surface area contributed by atoms with Crippen molar-refractivity contribution < 1.29 is 9.47 Å². The van der Waals surface area contributed by atoms with Gasteiger partial charge >= 0.3 is 0 Å². The van der Waals surface area contributed by atoms with Crippen molar-refractivity contribution in [3.05, 3.63) is 57.6 Å². The Balaban J connectivity index is 1.74. The molecular weight excluding hydrogens is 390 g/mol. The average molecular weight is 418 g/mol. The van der Waals surface area contributed by atoms with Crippen LogP contribution in [-0.2, 0) is 13.2 Å². The number of halogens is 1. The van der Waals surface area contributed by atoms with Crippen molar-refractivity contribution in [1.82, 2.24) is 5.32 Å². The van der Waals surface area contributed by atoms with Crippen LogP contribution in [0.15, 0.2) is 40.9 Å². The highest BCUT2D eigenvalue weighted by molar-refractivity contribution is 9.10. The summed E-state index contributed by atoms with van der Waals surface area (Å²) in [6.07, 6.45) is 6.55. The van der Waals surface area contributed by atoms with E-state index in [4.69, 9.17) is 9.47 Å². The zero-order valence-electron chi connectivity index (χ0n) is 15.7. The molecule has 2 aromatic rings. The second-order valence-corrected chi connectivity index (χ2v) is 7.90. The zero-order valence-corrected chi connectivity index (χ0v) is 17.3. The summed E-state index contributed by atoms with van der Waals surface area (Å²) in [5.74, 6) is 1.60. The lowest BCUT2D eigenvalue weighted by atomic mass is 9.95. The first-order chi connectivity index (χ1) is 12.7. The Kier molecular flexibility index (Phi) is 6.98. The van der Waals surface area contributed by atoms with Gasteiger partial charge in [0.05, 0.1) is 7.11 Å². The van der Waals surface area contributed by atoms with Crippen molar-refractivity contribution in [2.75, 3.05) is 7.11 Å². The van der Waals surface area contributed by atoms with Gasteiger partial charge in [-0.2, -0.15) is 0 Å². The van der Waals surface area contributed by atoms with E-state index in [9.17, 15) is 0 Å². The number of hydrogen-bond acceptors (Lipinski definition) is 3. The minimum absolute atomic E-state index is 0.531. The molecule has 2 aromatic carbocycles. The Hall–Kier alpha value is -1.52. The summed E-state index contributed by atoms with van der Waals surface area (Å²) in [5.41, 5.74) is 3.54. The van der Waals surface area contributed by atoms with Crippen LogP contribution >= 0.6 is 15.9 Å². The van der Waals surface area contributed by atoms with Crippen LogP contribution < -0.4 is 14.8 Å². The number of ether oxygens (including phenoxy) is 2. The normalized spacial score (nSPS) is 15.0. The van der Waals surface area contributed by atoms with Crippen molar-refractivity contribution >= 4 is 15.9 Å². The van der Waals surface area contributed by atoms with Gasteiger partial charge in [0.1, 0.15) is 6.61 Å². The molecule has 3 rings (SSSR count). The minimum atomic E-state index is 0.531. The first kappa shape index (κ1) is 19.2. The summed E-state index contributed by atoms with van der Waals surface area (Å²) in [7, 11) is 1.69. The summed E-state index contributed by atoms with van der Waals surface area (Å²) in [6.45, 7) is 3.41. The van der Waals surface area contributed by atoms with Crippen LogP contribution in [-0.4, -0.2) is 13.2 Å². The monoisotopic (exact) mass is 417 g/mol. The third-order valence-corrected chi connectivity index (χ3v) is 5.81. The van der Waals surface area contributed by atoms with Crippen molar-refractivity contribution in [2.45, 2.75) is 58.2 Å². The minimum Gasteiger partial charge on any atom is -0.493 e. The Morgan fingerprint density at radius 2 is 1.77 bits per heavy atom. The lowest BCUT2D eigenvalue weighted by molar-refractivity contribution is 0.278. The molecule has 0 amide bonds. The highest BCUT2D eigenvalue weighted by Crippen LogP contribution is 2.37. The summed E-state index contributed by atoms with van der Waals surface area (Å²) in [6, 6.07) is 13.0. The van der Waals surface area contributed by atoms with Crippen molar-refractivity contribution in [2.24, 2.45) is 0 Å². The van der Waals surface area contributed by atoms with Crippen molar-refractivity contribution in [1.29, 1.82) is 0 Å². The molecule has 0 aliphatic heterocycles. The molecule has 0 saturated heterocycles. The smallest absolute Gasteiger partial charge is 0.167 e. The van der Waals surface area contributed by atoms with Gasteiger partial charge < -0.3 is 14.8 Å². The van der Waals surface area contributed by atoms with Crippen molar-refractivity contribution in [3.8, 4) is 11.5 Å². The average Bonchev–Trinajstić information content (AvgIpc) is 2.67. The van der Waals surface area contributed by atoms with Gasteiger partial charge in [-0.1, -0.05) is 65.0 Å². The molecular formula is C22H28BrNO2. The number of aryl methyl sites for hydroxylation is 1. The fraction of sp³-hybridized carbons (Fsp3) is 0.455. The molecule has 1 aliphatic carbocycles. The van der Waals surface area contributed by atoms with E-state index in [1.54, 1.807) is 7.11 Å². The topological polar surface area (TPSA) is 30.5 Å². The van der Waals surface area contributed by atoms with Crippen LogP contribution in [0.3, 0.4) is 0 Å². The summed E-state index contributed by atoms with van der Waals surface area (Å²) < 4.78 is 12.8. The second-order valence-electron chi connectivity index (χ2n) is 7.05. The third kappa shape index (κ3) is 5.01. The predicted octanol–water partition coefficient (Wildman–Crippen LogP) is 5.77. The maximum Gasteiger partial charge on any atom is 0.167 e. The van der Waals surface area contributed by atoms with Gasteiger partial charge in [0.2, 0.25) is 0 Å². The summed E-state index contributed by atoms with van der Waals surface area (Å²) in [5, 5.41) is 3.71. The van der Waals surface area contributed by atoms with Crippen molar-refractivity contribution in [3.63, 3.8) is 0 Å². The Morgan fingerprint density at radius 1 is 1.04 bits per heavy atom. The van der Waals surface area contributed by atoms with Gasteiger partial charge in [-0.3, -0.25) is 0 Å². The molecule has 0 atom stereocenters. The third-order valence-electron chi connectivity index (χ3n) is 5.06. The number of nitrogens with one attached hydrogen (secondary N) is 1. The van der Waals surface area contributed by atoms with E-state index < -0.39 is 0 Å². The summed E-state index contributed by atoms with van der Waals surface area (Å²) in [4.78, 5) is 0. The largest absolute Gasteiger partial charge is 0.493 e. The van der Waals surface area contributed by atoms with E-state index in [1.165, 1.54) is 37.7 Å². The Bertz CT molecular complexity index is 709. The van der Waals surface area contributed by atoms with E-state index in [0.29, 0.717) is 12.6 Å². The highest BCUT2D eigenvalue weighted by atomic mass is 79.9. The molecule has 3 nitrogen and oxygen atoms in total.